The van der Waals surface area contributed by atoms with E-state index in [2.05, 4.69) is 17.0 Å². The number of nitrogens with one attached hydrogen (secondary N) is 1. The second-order valence-corrected chi connectivity index (χ2v) is 6.20. The predicted molar refractivity (Wildman–Crippen MR) is 84.6 cm³/mol. The van der Waals surface area contributed by atoms with Crippen LogP contribution in [0.3, 0.4) is 0 Å². The van der Waals surface area contributed by atoms with Crippen molar-refractivity contribution in [3.63, 3.8) is 0 Å². The van der Waals surface area contributed by atoms with Crippen LogP contribution in [0, 0.1) is 0 Å². The Morgan fingerprint density at radius 3 is 2.78 bits per heavy atom. The number of carbonyl (C=O) groups excluding carboxylic acids is 3. The van der Waals surface area contributed by atoms with Gasteiger partial charge < -0.3 is 15.0 Å². The first-order chi connectivity index (χ1) is 11.1. The third kappa shape index (κ3) is 4.43. The quantitative estimate of drug-likeness (QED) is 0.728. The number of amides is 2. The number of hydrogen-bond donors (Lipinski definition) is 1. The minimum absolute atomic E-state index is 0.0210. The topological polar surface area (TPSA) is 79.0 Å². The maximum absolute atomic E-state index is 12.7. The van der Waals surface area contributed by atoms with E-state index in [9.17, 15) is 14.4 Å². The summed E-state index contributed by atoms with van der Waals surface area (Å²) in [6, 6.07) is -0.320. The Hall–Kier alpha value is -1.63. The second-order valence-electron chi connectivity index (χ2n) is 6.20. The van der Waals surface area contributed by atoms with E-state index in [0.717, 1.165) is 25.8 Å². The molecule has 7 nitrogen and oxygen atoms in total. The normalized spacial score (nSPS) is 25.8. The molecule has 0 aliphatic carbocycles. The van der Waals surface area contributed by atoms with Gasteiger partial charge in [0, 0.05) is 25.7 Å². The third-order valence-electron chi connectivity index (χ3n) is 4.79. The fraction of sp³-hybridized carbons (Fsp3) is 0.812. The molecule has 2 atom stereocenters. The number of esters is 1. The van der Waals surface area contributed by atoms with Gasteiger partial charge in [-0.2, -0.15) is 0 Å². The lowest BCUT2D eigenvalue weighted by molar-refractivity contribution is -0.148. The van der Waals surface area contributed by atoms with Crippen LogP contribution >= 0.6 is 0 Å². The van der Waals surface area contributed by atoms with E-state index in [4.69, 9.17) is 0 Å². The van der Waals surface area contributed by atoms with Gasteiger partial charge in [0.1, 0.15) is 6.04 Å². The molecule has 7 heteroatoms. The number of piperazine rings is 1. The molecule has 0 spiro atoms. The third-order valence-corrected chi connectivity index (χ3v) is 4.79. The van der Waals surface area contributed by atoms with Gasteiger partial charge in [-0.25, -0.2) is 0 Å². The lowest BCUT2D eigenvalue weighted by Gasteiger charge is -2.39. The number of likely N-dealkylation sites (tertiary alicyclic amines) is 1. The van der Waals surface area contributed by atoms with Gasteiger partial charge in [0.15, 0.2) is 0 Å². The first kappa shape index (κ1) is 17.7. The summed E-state index contributed by atoms with van der Waals surface area (Å²) in [6.07, 6.45) is 4.19. The van der Waals surface area contributed by atoms with Crippen LogP contribution in [0.1, 0.15) is 39.0 Å². The second kappa shape index (κ2) is 8.29. The van der Waals surface area contributed by atoms with Crippen LogP contribution in [-0.2, 0) is 19.1 Å². The molecule has 2 fully saturated rings. The number of ether oxygens (including phenoxy) is 1. The van der Waals surface area contributed by atoms with Crippen molar-refractivity contribution in [3.05, 3.63) is 0 Å². The summed E-state index contributed by atoms with van der Waals surface area (Å²) in [4.78, 5) is 40.0. The van der Waals surface area contributed by atoms with Gasteiger partial charge >= 0.3 is 5.97 Å². The highest BCUT2D eigenvalue weighted by atomic mass is 16.5. The molecule has 2 aliphatic heterocycles. The summed E-state index contributed by atoms with van der Waals surface area (Å²) >= 11 is 0. The van der Waals surface area contributed by atoms with Crippen molar-refractivity contribution in [2.24, 2.45) is 0 Å². The SMILES string of the molecule is CCC1CCCCN1C(=O)CN1CCNC(=O)C1CC(=O)OC. The minimum atomic E-state index is -0.620. The molecule has 0 aromatic heterocycles. The van der Waals surface area contributed by atoms with Crippen LogP contribution in [0.4, 0.5) is 0 Å². The highest BCUT2D eigenvalue weighted by Gasteiger charge is 2.35. The molecule has 1 N–H and O–H groups in total. The molecule has 2 saturated heterocycles. The lowest BCUT2D eigenvalue weighted by Crippen LogP contribution is -2.59. The van der Waals surface area contributed by atoms with Crippen LogP contribution in [0.2, 0.25) is 0 Å². The van der Waals surface area contributed by atoms with Gasteiger partial charge in [-0.05, 0) is 25.7 Å². The Balaban J connectivity index is 2.01. The van der Waals surface area contributed by atoms with Gasteiger partial charge in [-0.15, -0.1) is 0 Å². The fourth-order valence-corrected chi connectivity index (χ4v) is 3.43. The fourth-order valence-electron chi connectivity index (χ4n) is 3.43. The van der Waals surface area contributed by atoms with Crippen molar-refractivity contribution < 1.29 is 19.1 Å². The first-order valence-electron chi connectivity index (χ1n) is 8.44. The maximum atomic E-state index is 12.7. The van der Waals surface area contributed by atoms with Crippen molar-refractivity contribution >= 4 is 17.8 Å². The molecule has 2 rings (SSSR count). The summed E-state index contributed by atoms with van der Waals surface area (Å²) in [7, 11) is 1.30. The lowest BCUT2D eigenvalue weighted by atomic mass is 9.99. The largest absolute Gasteiger partial charge is 0.469 e. The summed E-state index contributed by atoms with van der Waals surface area (Å²) in [6.45, 7) is 4.15. The molecule has 0 bridgehead atoms. The summed E-state index contributed by atoms with van der Waals surface area (Å²) in [5.74, 6) is -0.588. The monoisotopic (exact) mass is 325 g/mol. The predicted octanol–water partition coefficient (Wildman–Crippen LogP) is 0.141. The molecule has 2 unspecified atom stereocenters. The Kier molecular flexibility index (Phi) is 6.38. The highest BCUT2D eigenvalue weighted by Crippen LogP contribution is 2.20. The van der Waals surface area contributed by atoms with Crippen molar-refractivity contribution in [1.82, 2.24) is 15.1 Å². The number of methoxy groups -OCH3 is 1. The minimum Gasteiger partial charge on any atom is -0.469 e. The number of nitrogens with zero attached hydrogens (tertiary/aromatic N) is 2. The Labute approximate surface area is 137 Å². The van der Waals surface area contributed by atoms with E-state index in [1.165, 1.54) is 13.5 Å². The molecule has 0 aromatic carbocycles. The molecule has 2 aliphatic rings. The van der Waals surface area contributed by atoms with E-state index < -0.39 is 12.0 Å². The molecule has 2 heterocycles. The zero-order valence-electron chi connectivity index (χ0n) is 14.0. The standard InChI is InChI=1S/C16H27N3O4/c1-3-12-6-4-5-8-19(12)14(20)11-18-9-7-17-16(22)13(18)10-15(21)23-2/h12-13H,3-11H2,1-2H3,(H,17,22). The van der Waals surface area contributed by atoms with Crippen LogP contribution in [0.5, 0.6) is 0 Å². The molecule has 23 heavy (non-hydrogen) atoms. The van der Waals surface area contributed by atoms with E-state index in [1.54, 1.807) is 4.90 Å². The van der Waals surface area contributed by atoms with E-state index in [0.29, 0.717) is 19.1 Å². The number of carbonyl (C=O) groups is 3. The Morgan fingerprint density at radius 1 is 1.30 bits per heavy atom. The molecular weight excluding hydrogens is 298 g/mol. The van der Waals surface area contributed by atoms with Gasteiger partial charge in [0.05, 0.1) is 20.1 Å². The van der Waals surface area contributed by atoms with E-state index >= 15 is 0 Å². The van der Waals surface area contributed by atoms with Crippen LogP contribution in [0.25, 0.3) is 0 Å². The Morgan fingerprint density at radius 2 is 2.09 bits per heavy atom. The van der Waals surface area contributed by atoms with E-state index in [1.807, 2.05) is 4.90 Å². The average Bonchev–Trinajstić information content (AvgIpc) is 2.57. The molecule has 0 radical (unpaired) electrons. The van der Waals surface area contributed by atoms with Crippen LogP contribution in [-0.4, -0.2) is 73.0 Å². The van der Waals surface area contributed by atoms with Gasteiger partial charge in [0.25, 0.3) is 0 Å². The summed E-state index contributed by atoms with van der Waals surface area (Å²) in [5.41, 5.74) is 0. The maximum Gasteiger partial charge on any atom is 0.307 e. The molecule has 0 saturated carbocycles. The highest BCUT2D eigenvalue weighted by molar-refractivity contribution is 5.88. The van der Waals surface area contributed by atoms with Gasteiger partial charge in [-0.1, -0.05) is 6.92 Å². The number of rotatable bonds is 5. The number of hydrogen-bond acceptors (Lipinski definition) is 5. The van der Waals surface area contributed by atoms with E-state index in [-0.39, 0.29) is 24.8 Å². The zero-order chi connectivity index (χ0) is 16.8. The van der Waals surface area contributed by atoms with Crippen LogP contribution < -0.4 is 5.32 Å². The summed E-state index contributed by atoms with van der Waals surface area (Å²) in [5, 5.41) is 2.75. The summed E-state index contributed by atoms with van der Waals surface area (Å²) < 4.78 is 4.66. The smallest absolute Gasteiger partial charge is 0.307 e. The van der Waals surface area contributed by atoms with Crippen molar-refractivity contribution in [2.75, 3.05) is 33.3 Å². The Bertz CT molecular complexity index is 455. The van der Waals surface area contributed by atoms with Crippen molar-refractivity contribution in [1.29, 1.82) is 0 Å². The van der Waals surface area contributed by atoms with Crippen LogP contribution in [0.15, 0.2) is 0 Å². The van der Waals surface area contributed by atoms with Crippen molar-refractivity contribution in [2.45, 2.75) is 51.1 Å². The first-order valence-corrected chi connectivity index (χ1v) is 8.44. The van der Waals surface area contributed by atoms with Gasteiger partial charge in [0.2, 0.25) is 11.8 Å². The molecule has 130 valence electrons. The average molecular weight is 325 g/mol. The molecular formula is C16H27N3O4. The molecule has 0 aromatic rings. The number of piperidine rings is 1. The van der Waals surface area contributed by atoms with Crippen molar-refractivity contribution in [3.8, 4) is 0 Å². The molecule has 2 amide bonds. The van der Waals surface area contributed by atoms with Gasteiger partial charge in [-0.3, -0.25) is 19.3 Å². The zero-order valence-corrected chi connectivity index (χ0v) is 14.0.